The minimum Gasteiger partial charge on any atom is -0.324 e. The fourth-order valence-corrected chi connectivity index (χ4v) is 3.29. The van der Waals surface area contributed by atoms with Crippen molar-refractivity contribution < 1.29 is 0 Å². The van der Waals surface area contributed by atoms with Crippen molar-refractivity contribution in [2.24, 2.45) is 0 Å². The Morgan fingerprint density at radius 3 is 2.72 bits per heavy atom. The van der Waals surface area contributed by atoms with Crippen LogP contribution in [0.3, 0.4) is 0 Å². The van der Waals surface area contributed by atoms with Crippen LogP contribution in [0.15, 0.2) is 28.9 Å². The SMILES string of the molecule is Cc1ccc(-c2nc(Br)c3n2C(C)CCC3)cc1. The zero-order valence-electron chi connectivity index (χ0n) is 10.8. The van der Waals surface area contributed by atoms with Gasteiger partial charge in [0, 0.05) is 11.6 Å². The highest BCUT2D eigenvalue weighted by Gasteiger charge is 2.23. The average molecular weight is 305 g/mol. The highest BCUT2D eigenvalue weighted by molar-refractivity contribution is 9.10. The smallest absolute Gasteiger partial charge is 0.141 e. The summed E-state index contributed by atoms with van der Waals surface area (Å²) in [7, 11) is 0. The molecule has 1 aliphatic rings. The summed E-state index contributed by atoms with van der Waals surface area (Å²) in [5.74, 6) is 1.10. The summed E-state index contributed by atoms with van der Waals surface area (Å²) >= 11 is 3.61. The molecular weight excluding hydrogens is 288 g/mol. The topological polar surface area (TPSA) is 17.8 Å². The lowest BCUT2D eigenvalue weighted by Gasteiger charge is -2.24. The van der Waals surface area contributed by atoms with Crippen molar-refractivity contribution in [2.45, 2.75) is 39.2 Å². The largest absolute Gasteiger partial charge is 0.324 e. The maximum absolute atomic E-state index is 4.72. The summed E-state index contributed by atoms with van der Waals surface area (Å²) < 4.78 is 3.42. The number of imidazole rings is 1. The predicted molar refractivity (Wildman–Crippen MR) is 77.7 cm³/mol. The summed E-state index contributed by atoms with van der Waals surface area (Å²) in [6, 6.07) is 9.18. The number of halogens is 1. The summed E-state index contributed by atoms with van der Waals surface area (Å²) in [5.41, 5.74) is 3.85. The number of benzene rings is 1. The molecule has 0 saturated carbocycles. The average Bonchev–Trinajstić information content (AvgIpc) is 2.70. The van der Waals surface area contributed by atoms with E-state index >= 15 is 0 Å². The molecular formula is C15H17BrN2. The fourth-order valence-electron chi connectivity index (χ4n) is 2.74. The molecule has 0 saturated heterocycles. The molecule has 0 N–H and O–H groups in total. The number of aromatic nitrogens is 2. The number of aryl methyl sites for hydroxylation is 1. The third kappa shape index (κ3) is 1.91. The van der Waals surface area contributed by atoms with Gasteiger partial charge in [-0.15, -0.1) is 0 Å². The Morgan fingerprint density at radius 2 is 2.00 bits per heavy atom. The van der Waals surface area contributed by atoms with Gasteiger partial charge in [-0.25, -0.2) is 4.98 Å². The molecule has 2 heterocycles. The van der Waals surface area contributed by atoms with E-state index in [-0.39, 0.29) is 0 Å². The van der Waals surface area contributed by atoms with Gasteiger partial charge >= 0.3 is 0 Å². The van der Waals surface area contributed by atoms with Crippen molar-refractivity contribution in [3.8, 4) is 11.4 Å². The molecule has 0 radical (unpaired) electrons. The molecule has 1 aromatic carbocycles. The number of hydrogen-bond acceptors (Lipinski definition) is 1. The minimum atomic E-state index is 0.545. The summed E-state index contributed by atoms with van der Waals surface area (Å²) in [5, 5.41) is 0. The normalized spacial score (nSPS) is 18.7. The Labute approximate surface area is 116 Å². The van der Waals surface area contributed by atoms with E-state index in [9.17, 15) is 0 Å². The minimum absolute atomic E-state index is 0.545. The first-order chi connectivity index (χ1) is 8.66. The molecule has 94 valence electrons. The van der Waals surface area contributed by atoms with Crippen LogP contribution in [0.4, 0.5) is 0 Å². The second kappa shape index (κ2) is 4.54. The molecule has 2 aromatic rings. The Hall–Kier alpha value is -1.09. The molecule has 1 atom stereocenters. The maximum atomic E-state index is 4.72. The third-order valence-electron chi connectivity index (χ3n) is 3.75. The van der Waals surface area contributed by atoms with Gasteiger partial charge in [-0.3, -0.25) is 0 Å². The molecule has 0 fully saturated rings. The molecule has 1 aliphatic heterocycles. The van der Waals surface area contributed by atoms with Gasteiger partial charge in [0.05, 0.1) is 5.69 Å². The van der Waals surface area contributed by atoms with Crippen LogP contribution in [0.5, 0.6) is 0 Å². The van der Waals surface area contributed by atoms with Gasteiger partial charge in [0.2, 0.25) is 0 Å². The number of hydrogen-bond donors (Lipinski definition) is 0. The first-order valence-electron chi connectivity index (χ1n) is 6.50. The quantitative estimate of drug-likeness (QED) is 0.757. The van der Waals surface area contributed by atoms with Gasteiger partial charge in [0.25, 0.3) is 0 Å². The van der Waals surface area contributed by atoms with Crippen molar-refractivity contribution in [1.82, 2.24) is 9.55 Å². The molecule has 3 heteroatoms. The molecule has 3 rings (SSSR count). The molecule has 0 amide bonds. The predicted octanol–water partition coefficient (Wildman–Crippen LogP) is 4.52. The molecule has 1 aromatic heterocycles. The lowest BCUT2D eigenvalue weighted by molar-refractivity contribution is 0.435. The lowest BCUT2D eigenvalue weighted by atomic mass is 10.0. The maximum Gasteiger partial charge on any atom is 0.141 e. The third-order valence-corrected chi connectivity index (χ3v) is 4.38. The van der Waals surface area contributed by atoms with Crippen molar-refractivity contribution >= 4 is 15.9 Å². The zero-order chi connectivity index (χ0) is 12.7. The molecule has 18 heavy (non-hydrogen) atoms. The van der Waals surface area contributed by atoms with E-state index < -0.39 is 0 Å². The van der Waals surface area contributed by atoms with Crippen LogP contribution in [-0.2, 0) is 6.42 Å². The molecule has 0 aliphatic carbocycles. The number of rotatable bonds is 1. The van der Waals surface area contributed by atoms with Crippen molar-refractivity contribution in [3.05, 3.63) is 40.1 Å². The highest BCUT2D eigenvalue weighted by Crippen LogP contribution is 2.35. The van der Waals surface area contributed by atoms with Gasteiger partial charge in [-0.05, 0) is 49.0 Å². The Kier molecular flexibility index (Phi) is 3.02. The molecule has 0 bridgehead atoms. The molecule has 0 spiro atoms. The molecule has 1 unspecified atom stereocenters. The first kappa shape index (κ1) is 12.0. The van der Waals surface area contributed by atoms with E-state index in [1.807, 2.05) is 0 Å². The Bertz CT molecular complexity index is 569. The van der Waals surface area contributed by atoms with E-state index in [0.717, 1.165) is 16.8 Å². The number of nitrogens with zero attached hydrogens (tertiary/aromatic N) is 2. The second-order valence-corrected chi connectivity index (χ2v) is 5.90. The van der Waals surface area contributed by atoms with Crippen LogP contribution in [0.25, 0.3) is 11.4 Å². The van der Waals surface area contributed by atoms with E-state index in [1.165, 1.54) is 29.7 Å². The first-order valence-corrected chi connectivity index (χ1v) is 7.30. The molecule has 2 nitrogen and oxygen atoms in total. The Balaban J connectivity index is 2.15. The van der Waals surface area contributed by atoms with Gasteiger partial charge in [-0.1, -0.05) is 29.8 Å². The van der Waals surface area contributed by atoms with Crippen LogP contribution in [0.2, 0.25) is 0 Å². The summed E-state index contributed by atoms with van der Waals surface area (Å²) in [6.07, 6.45) is 3.64. The van der Waals surface area contributed by atoms with Gasteiger partial charge in [0.1, 0.15) is 10.4 Å². The van der Waals surface area contributed by atoms with Crippen molar-refractivity contribution in [2.75, 3.05) is 0 Å². The van der Waals surface area contributed by atoms with Gasteiger partial charge < -0.3 is 4.57 Å². The van der Waals surface area contributed by atoms with Crippen molar-refractivity contribution in [1.29, 1.82) is 0 Å². The summed E-state index contributed by atoms with van der Waals surface area (Å²) in [6.45, 7) is 4.40. The monoisotopic (exact) mass is 304 g/mol. The fraction of sp³-hybridized carbons (Fsp3) is 0.400. The van der Waals surface area contributed by atoms with Crippen LogP contribution >= 0.6 is 15.9 Å². The standard InChI is InChI=1S/C15H17BrN2/c1-10-6-8-12(9-7-10)15-17-14(16)13-5-3-4-11(2)18(13)15/h6-9,11H,3-5H2,1-2H3. The second-order valence-electron chi connectivity index (χ2n) is 5.15. The van der Waals surface area contributed by atoms with Crippen LogP contribution in [-0.4, -0.2) is 9.55 Å². The Morgan fingerprint density at radius 1 is 1.28 bits per heavy atom. The van der Waals surface area contributed by atoms with E-state index in [2.05, 4.69) is 58.6 Å². The summed E-state index contributed by atoms with van der Waals surface area (Å²) in [4.78, 5) is 4.72. The zero-order valence-corrected chi connectivity index (χ0v) is 12.4. The van der Waals surface area contributed by atoms with E-state index in [0.29, 0.717) is 6.04 Å². The van der Waals surface area contributed by atoms with E-state index in [4.69, 9.17) is 4.98 Å². The van der Waals surface area contributed by atoms with Gasteiger partial charge in [0.15, 0.2) is 0 Å². The van der Waals surface area contributed by atoms with E-state index in [1.54, 1.807) is 0 Å². The number of fused-ring (bicyclic) bond motifs is 1. The van der Waals surface area contributed by atoms with Crippen LogP contribution in [0, 0.1) is 6.92 Å². The lowest BCUT2D eigenvalue weighted by Crippen LogP contribution is -2.15. The highest BCUT2D eigenvalue weighted by atomic mass is 79.9. The van der Waals surface area contributed by atoms with Gasteiger partial charge in [-0.2, -0.15) is 0 Å². The van der Waals surface area contributed by atoms with Crippen molar-refractivity contribution in [3.63, 3.8) is 0 Å². The van der Waals surface area contributed by atoms with Crippen LogP contribution in [0.1, 0.15) is 37.1 Å². The van der Waals surface area contributed by atoms with Crippen LogP contribution < -0.4 is 0 Å².